The van der Waals surface area contributed by atoms with Crippen molar-refractivity contribution in [2.75, 3.05) is 25.1 Å². The van der Waals surface area contributed by atoms with Crippen LogP contribution in [0.5, 0.6) is 5.75 Å². The highest BCUT2D eigenvalue weighted by atomic mass is 19.1. The molecule has 0 amide bonds. The van der Waals surface area contributed by atoms with Crippen LogP contribution in [-0.4, -0.2) is 53.6 Å². The number of Topliss-reactive ketones (excluding diaryl/α,β-unsaturated/α-hetero) is 1. The molecule has 2 aliphatic rings. The van der Waals surface area contributed by atoms with Gasteiger partial charge in [-0.3, -0.25) is 19.5 Å². The van der Waals surface area contributed by atoms with Crippen LogP contribution < -0.4 is 25.9 Å². The van der Waals surface area contributed by atoms with Crippen LogP contribution >= 0.6 is 0 Å². The maximum absolute atomic E-state index is 14.1. The van der Waals surface area contributed by atoms with E-state index in [0.717, 1.165) is 11.1 Å². The molecule has 0 aliphatic carbocycles. The summed E-state index contributed by atoms with van der Waals surface area (Å²) in [5.74, 6) is -0.845. The van der Waals surface area contributed by atoms with Crippen LogP contribution in [0, 0.1) is 23.0 Å². The molecule has 8 nitrogen and oxygen atoms in total. The highest BCUT2D eigenvalue weighted by Gasteiger charge is 2.37. The van der Waals surface area contributed by atoms with Crippen LogP contribution in [0.1, 0.15) is 31.0 Å². The summed E-state index contributed by atoms with van der Waals surface area (Å²) in [7, 11) is 3.06. The Hall–Kier alpha value is -4.36. The average Bonchev–Trinajstić information content (AvgIpc) is 2.94. The first-order valence-electron chi connectivity index (χ1n) is 13.0. The summed E-state index contributed by atoms with van der Waals surface area (Å²) in [6, 6.07) is 12.3. The number of hydrogen-bond donors (Lipinski definition) is 0. The van der Waals surface area contributed by atoms with Crippen LogP contribution in [0.15, 0.2) is 58.3 Å². The number of ether oxygens (including phenoxy) is 1. The molecule has 1 fully saturated rings. The molecule has 40 heavy (non-hydrogen) atoms. The molecule has 206 valence electrons. The lowest BCUT2D eigenvalue weighted by Gasteiger charge is -2.48. The second kappa shape index (κ2) is 10.7. The van der Waals surface area contributed by atoms with Crippen LogP contribution in [0.2, 0.25) is 0 Å². The number of carbonyl (C=O) groups excluding carboxylic acids is 1. The molecule has 10 heteroatoms. The van der Waals surface area contributed by atoms with Gasteiger partial charge in [-0.2, -0.15) is 5.26 Å². The fourth-order valence-electron chi connectivity index (χ4n) is 5.66. The summed E-state index contributed by atoms with van der Waals surface area (Å²) in [4.78, 5) is 34.0. The van der Waals surface area contributed by atoms with Gasteiger partial charge in [0.1, 0.15) is 22.7 Å². The molecule has 0 N–H and O–H groups in total. The van der Waals surface area contributed by atoms with Gasteiger partial charge in [-0.15, -0.1) is 0 Å². The first-order chi connectivity index (χ1) is 19.1. The van der Waals surface area contributed by atoms with Gasteiger partial charge in [-0.1, -0.05) is 18.2 Å². The zero-order chi connectivity index (χ0) is 28.7. The second-order valence-corrected chi connectivity index (χ2v) is 10.3. The van der Waals surface area contributed by atoms with Crippen molar-refractivity contribution in [1.82, 2.24) is 9.47 Å². The number of methoxy groups -OCH3 is 1. The van der Waals surface area contributed by atoms with E-state index in [4.69, 9.17) is 4.74 Å². The highest BCUT2D eigenvalue weighted by Crippen LogP contribution is 2.38. The maximum Gasteiger partial charge on any atom is 0.252 e. The molecule has 0 spiro atoms. The molecule has 1 saturated heterocycles. The van der Waals surface area contributed by atoms with E-state index in [1.807, 2.05) is 19.9 Å². The fourth-order valence-corrected chi connectivity index (χ4v) is 5.66. The topological polar surface area (TPSA) is 90.9 Å². The molecule has 4 atom stereocenters. The van der Waals surface area contributed by atoms with E-state index in [1.54, 1.807) is 25.2 Å². The third-order valence-corrected chi connectivity index (χ3v) is 7.72. The summed E-state index contributed by atoms with van der Waals surface area (Å²) in [6.45, 7) is 5.08. The summed E-state index contributed by atoms with van der Waals surface area (Å²) < 4.78 is 34.9. The van der Waals surface area contributed by atoms with Gasteiger partial charge < -0.3 is 14.2 Å². The monoisotopic (exact) mass is 545 g/mol. The summed E-state index contributed by atoms with van der Waals surface area (Å²) >= 11 is 0. The largest absolute Gasteiger partial charge is 0.496 e. The first kappa shape index (κ1) is 27.2. The number of pyridine rings is 1. The van der Waals surface area contributed by atoms with Crippen molar-refractivity contribution in [3.05, 3.63) is 92.4 Å². The number of ketones is 1. The number of benzene rings is 2. The quantitative estimate of drug-likeness (QED) is 0.489. The van der Waals surface area contributed by atoms with Gasteiger partial charge in [0.15, 0.2) is 11.8 Å². The van der Waals surface area contributed by atoms with Crippen LogP contribution in [-0.2, 0) is 11.8 Å². The van der Waals surface area contributed by atoms with Gasteiger partial charge in [0.25, 0.3) is 5.56 Å². The van der Waals surface area contributed by atoms with Gasteiger partial charge in [-0.05, 0) is 37.6 Å². The number of carbonyl (C=O) groups is 1. The SMILES string of the molecule is COc1cc(F)ccc1C(c1ccc(F)cc1)N1C[C@H](C)N(c2cc(=O)n(C)c3c2=NC(C#N)C(=O)C=3)C[C@H]1C. The molecular formula is C30H29F2N5O3. The Morgan fingerprint density at radius 2 is 1.73 bits per heavy atom. The lowest BCUT2D eigenvalue weighted by atomic mass is 9.92. The van der Waals surface area contributed by atoms with Crippen molar-refractivity contribution in [3.63, 3.8) is 0 Å². The third-order valence-electron chi connectivity index (χ3n) is 7.72. The predicted molar refractivity (Wildman–Crippen MR) is 146 cm³/mol. The number of nitrogens with zero attached hydrogens (tertiary/aromatic N) is 5. The van der Waals surface area contributed by atoms with E-state index in [-0.39, 0.29) is 29.5 Å². The van der Waals surface area contributed by atoms with E-state index in [0.29, 0.717) is 35.2 Å². The van der Waals surface area contributed by atoms with Crippen molar-refractivity contribution in [3.8, 4) is 11.8 Å². The minimum Gasteiger partial charge on any atom is -0.496 e. The van der Waals surface area contributed by atoms with Crippen molar-refractivity contribution >= 4 is 17.5 Å². The lowest BCUT2D eigenvalue weighted by Crippen LogP contribution is -2.60. The van der Waals surface area contributed by atoms with Crippen LogP contribution in [0.25, 0.3) is 6.08 Å². The van der Waals surface area contributed by atoms with Gasteiger partial charge in [-0.25, -0.2) is 8.78 Å². The van der Waals surface area contributed by atoms with Gasteiger partial charge in [0, 0.05) is 56.0 Å². The van der Waals surface area contributed by atoms with Crippen molar-refractivity contribution in [2.45, 2.75) is 38.0 Å². The smallest absolute Gasteiger partial charge is 0.252 e. The molecular weight excluding hydrogens is 516 g/mol. The molecule has 0 bridgehead atoms. The number of anilines is 1. The average molecular weight is 546 g/mol. The van der Waals surface area contributed by atoms with E-state index in [2.05, 4.69) is 14.8 Å². The number of rotatable bonds is 5. The van der Waals surface area contributed by atoms with E-state index in [1.165, 1.54) is 48.1 Å². The van der Waals surface area contributed by atoms with E-state index >= 15 is 0 Å². The molecule has 5 rings (SSSR count). The van der Waals surface area contributed by atoms with Gasteiger partial charge in [0.05, 0.1) is 30.3 Å². The Morgan fingerprint density at radius 3 is 2.40 bits per heavy atom. The van der Waals surface area contributed by atoms with Crippen molar-refractivity contribution < 1.29 is 18.3 Å². The first-order valence-corrected chi connectivity index (χ1v) is 13.0. The molecule has 0 radical (unpaired) electrons. The molecule has 2 aromatic carbocycles. The number of aromatic nitrogens is 1. The molecule has 3 aromatic rings. The lowest BCUT2D eigenvalue weighted by molar-refractivity contribution is -0.113. The summed E-state index contributed by atoms with van der Waals surface area (Å²) in [6.07, 6.45) is 1.32. The Balaban J connectivity index is 1.59. The minimum atomic E-state index is -1.16. The zero-order valence-electron chi connectivity index (χ0n) is 22.6. The van der Waals surface area contributed by atoms with E-state index < -0.39 is 17.6 Å². The number of fused-ring (bicyclic) bond motifs is 1. The van der Waals surface area contributed by atoms with Gasteiger partial charge >= 0.3 is 0 Å². The molecule has 2 aliphatic heterocycles. The van der Waals surface area contributed by atoms with Gasteiger partial charge in [0.2, 0.25) is 0 Å². The maximum atomic E-state index is 14.1. The minimum absolute atomic E-state index is 0.0957. The number of nitriles is 1. The summed E-state index contributed by atoms with van der Waals surface area (Å²) in [5, 5.41) is 10.3. The number of hydrogen-bond acceptors (Lipinski definition) is 7. The number of piperazine rings is 1. The van der Waals surface area contributed by atoms with Crippen molar-refractivity contribution in [1.29, 1.82) is 5.26 Å². The third kappa shape index (κ3) is 4.77. The van der Waals surface area contributed by atoms with Crippen molar-refractivity contribution in [2.24, 2.45) is 12.0 Å². The highest BCUT2D eigenvalue weighted by molar-refractivity contribution is 6.11. The Bertz CT molecular complexity index is 1700. The molecule has 0 saturated carbocycles. The molecule has 1 aromatic heterocycles. The zero-order valence-corrected chi connectivity index (χ0v) is 22.6. The van der Waals surface area contributed by atoms with E-state index in [9.17, 15) is 23.6 Å². The molecule has 2 unspecified atom stereocenters. The number of halogens is 2. The predicted octanol–water partition coefficient (Wildman–Crippen LogP) is 2.24. The fraction of sp³-hybridized carbons (Fsp3) is 0.333. The standard InChI is InChI=1S/C30H29F2N5O3/c1-17-16-37(30(19-5-7-20(31)8-6-19)22-10-9-21(32)11-27(22)40-4)18(2)15-36(17)25-13-28(39)35(3)24-12-26(38)23(14-33)34-29(24)25/h5-13,17-18,23,30H,15-16H2,1-4H3/t17-,18+,23?,30?/m0/s1. The Kier molecular flexibility index (Phi) is 7.25. The van der Waals surface area contributed by atoms with Crippen LogP contribution in [0.4, 0.5) is 14.5 Å². The van der Waals surface area contributed by atoms with Crippen LogP contribution in [0.3, 0.4) is 0 Å². The summed E-state index contributed by atoms with van der Waals surface area (Å²) in [5.41, 5.74) is 1.85. The molecule has 3 heterocycles. The second-order valence-electron chi connectivity index (χ2n) is 10.3. The Morgan fingerprint density at radius 1 is 1.02 bits per heavy atom. The normalized spacial score (nSPS) is 21.6. The Labute approximate surface area is 230 Å².